The maximum atomic E-state index is 5.46. The minimum absolute atomic E-state index is 0. The van der Waals surface area contributed by atoms with E-state index in [4.69, 9.17) is 9.97 Å². The molecule has 0 amide bonds. The van der Waals surface area contributed by atoms with Gasteiger partial charge in [0.2, 0.25) is 5.82 Å². The molecule has 7 rings (SSSR count). The summed E-state index contributed by atoms with van der Waals surface area (Å²) < 4.78 is 4.62. The summed E-state index contributed by atoms with van der Waals surface area (Å²) in [4.78, 5) is 14.2. The number of aryl methyl sites for hydroxylation is 1. The van der Waals surface area contributed by atoms with Crippen molar-refractivity contribution in [3.05, 3.63) is 93.6 Å². The molecule has 2 aromatic carbocycles. The van der Waals surface area contributed by atoms with Crippen LogP contribution in [-0.2, 0) is 28.7 Å². The first-order valence-electron chi connectivity index (χ1n) is 20.2. The number of pyridine rings is 2. The van der Waals surface area contributed by atoms with E-state index in [1.165, 1.54) is 55.9 Å². The molecule has 4 aromatic heterocycles. The molecule has 1 aliphatic carbocycles. The second kappa shape index (κ2) is 15.3. The number of H-pyrrole nitrogens is 1. The fourth-order valence-electron chi connectivity index (χ4n) is 8.83. The third kappa shape index (κ3) is 7.29. The molecule has 290 valence electrons. The van der Waals surface area contributed by atoms with Gasteiger partial charge in [-0.1, -0.05) is 116 Å². The van der Waals surface area contributed by atoms with Crippen LogP contribution in [0.4, 0.5) is 0 Å². The van der Waals surface area contributed by atoms with Crippen molar-refractivity contribution < 1.29 is 4.98 Å². The summed E-state index contributed by atoms with van der Waals surface area (Å²) >= 11 is 0. The Kier molecular flexibility index (Phi) is 12.6. The summed E-state index contributed by atoms with van der Waals surface area (Å²) in [6.07, 6.45) is 0. The van der Waals surface area contributed by atoms with E-state index in [1.807, 2.05) is 32.0 Å². The van der Waals surface area contributed by atoms with Gasteiger partial charge in [-0.05, 0) is 69.5 Å². The minimum Gasteiger partial charge on any atom is -0.295 e. The number of hydrogen-bond donors (Lipinski definition) is 0. The maximum Gasteiger partial charge on any atom is 2.00 e. The SMILES string of the molecule is CC.Cc1[nH+]c(-c2[c-]cccc2)n(C)c1C.Cc1c(C(C)(C)C)nc2cc(C(C)(C)C)n3c4cc5c(cc4nc3c2c1C(C)C)C(C)(C)C(C)(C)C5(C)C.[Sr+2]. The number of aromatic amines is 1. The molecule has 0 unspecified atom stereocenters. The molecule has 0 saturated heterocycles. The summed E-state index contributed by atoms with van der Waals surface area (Å²) in [6.45, 7) is 43.4. The second-order valence-electron chi connectivity index (χ2n) is 19.5. The van der Waals surface area contributed by atoms with Crippen LogP contribution in [-0.4, -0.2) is 64.4 Å². The van der Waals surface area contributed by atoms with E-state index in [9.17, 15) is 0 Å². The zero-order valence-corrected chi connectivity index (χ0v) is 41.6. The number of nitrogens with one attached hydrogen (secondary N) is 1. The molecule has 0 aliphatic heterocycles. The molecule has 5 nitrogen and oxygen atoms in total. The summed E-state index contributed by atoms with van der Waals surface area (Å²) in [5, 5.41) is 1.22. The number of imidazole rings is 2. The normalized spacial score (nSPS) is 15.7. The monoisotopic (exact) mass is 815 g/mol. The molecular weight excluding hydrogens is 746 g/mol. The quantitative estimate of drug-likeness (QED) is 0.129. The Morgan fingerprint density at radius 2 is 1.36 bits per heavy atom. The molecule has 1 aliphatic rings. The molecule has 0 saturated carbocycles. The van der Waals surface area contributed by atoms with Crippen LogP contribution in [0.1, 0.15) is 162 Å². The smallest absolute Gasteiger partial charge is 0.295 e. The molecule has 0 fully saturated rings. The van der Waals surface area contributed by atoms with Crippen molar-refractivity contribution in [2.24, 2.45) is 12.5 Å². The molecule has 4 heterocycles. The van der Waals surface area contributed by atoms with Gasteiger partial charge in [0.15, 0.2) is 0 Å². The Labute approximate surface area is 370 Å². The largest absolute Gasteiger partial charge is 2.00 e. The fraction of sp³-hybridized carbons (Fsp3) is 0.531. The van der Waals surface area contributed by atoms with Gasteiger partial charge >= 0.3 is 45.5 Å². The van der Waals surface area contributed by atoms with E-state index in [0.717, 1.165) is 28.1 Å². The third-order valence-corrected chi connectivity index (χ3v) is 13.2. The van der Waals surface area contributed by atoms with E-state index >= 15 is 0 Å². The standard InChI is InChI=1S/C35H49N3.C12H13N2.C2H6.Sr/c1-19(2)27-20(3)29(32(7,8)9)36-24-18-26(31(4,5)6)38-25-17-22-21(16-23(25)37-30(38)28(24)27)33(10,11)35(14,15)34(22,12)13;1-9-10(2)14(3)12(13-9)11-7-5-4-6-8-11;1-2;/h16-19H,1-15H3;4-7H,1-3H3;1-2H3;/q;-1;;+2/p+1. The fourth-order valence-corrected chi connectivity index (χ4v) is 8.83. The van der Waals surface area contributed by atoms with Crippen molar-refractivity contribution in [3.8, 4) is 11.4 Å². The van der Waals surface area contributed by atoms with E-state index in [1.54, 1.807) is 0 Å². The first-order chi connectivity index (χ1) is 24.8. The van der Waals surface area contributed by atoms with E-state index < -0.39 is 0 Å². The number of rotatable bonds is 2. The van der Waals surface area contributed by atoms with Crippen LogP contribution in [0.2, 0.25) is 0 Å². The second-order valence-corrected chi connectivity index (χ2v) is 19.5. The first kappa shape index (κ1) is 45.2. The van der Waals surface area contributed by atoms with Gasteiger partial charge < -0.3 is 0 Å². The average molecular weight is 816 g/mol. The van der Waals surface area contributed by atoms with Gasteiger partial charge in [0, 0.05) is 41.5 Å². The third-order valence-electron chi connectivity index (χ3n) is 13.2. The van der Waals surface area contributed by atoms with Crippen molar-refractivity contribution in [2.45, 2.75) is 159 Å². The van der Waals surface area contributed by atoms with E-state index in [-0.39, 0.29) is 72.6 Å². The van der Waals surface area contributed by atoms with Gasteiger partial charge in [-0.15, -0.1) is 30.3 Å². The molecular formula is C49H69N5Sr+2. The van der Waals surface area contributed by atoms with Crippen LogP contribution < -0.4 is 4.98 Å². The van der Waals surface area contributed by atoms with E-state index in [2.05, 4.69) is 169 Å². The molecule has 6 aromatic rings. The van der Waals surface area contributed by atoms with Crippen LogP contribution in [0.5, 0.6) is 0 Å². The molecule has 0 spiro atoms. The average Bonchev–Trinajstić information content (AvgIpc) is 3.62. The van der Waals surface area contributed by atoms with Crippen molar-refractivity contribution >= 4 is 73.1 Å². The van der Waals surface area contributed by atoms with Crippen LogP contribution in [0, 0.1) is 32.3 Å². The number of nitrogens with zero attached hydrogens (tertiary/aromatic N) is 4. The Balaban J connectivity index is 0.000000331. The van der Waals surface area contributed by atoms with Crippen molar-refractivity contribution in [3.63, 3.8) is 0 Å². The molecule has 0 atom stereocenters. The molecule has 0 radical (unpaired) electrons. The maximum absolute atomic E-state index is 5.46. The summed E-state index contributed by atoms with van der Waals surface area (Å²) in [5.41, 5.74) is 16.2. The first-order valence-corrected chi connectivity index (χ1v) is 20.2. The summed E-state index contributed by atoms with van der Waals surface area (Å²) in [6, 6.07) is 18.4. The topological polar surface area (TPSA) is 49.3 Å². The van der Waals surface area contributed by atoms with Crippen molar-refractivity contribution in [2.75, 3.05) is 0 Å². The Hall–Kier alpha value is -2.51. The molecule has 1 N–H and O–H groups in total. The summed E-state index contributed by atoms with van der Waals surface area (Å²) in [5.74, 6) is 1.48. The minimum atomic E-state index is -0.0698. The van der Waals surface area contributed by atoms with Crippen LogP contribution in [0.3, 0.4) is 0 Å². The molecule has 6 heteroatoms. The van der Waals surface area contributed by atoms with Crippen LogP contribution >= 0.6 is 0 Å². The predicted octanol–water partition coefficient (Wildman–Crippen LogP) is 12.2. The van der Waals surface area contributed by atoms with Gasteiger partial charge in [0.25, 0.3) is 0 Å². The van der Waals surface area contributed by atoms with Gasteiger partial charge in [-0.25, -0.2) is 4.98 Å². The molecule has 55 heavy (non-hydrogen) atoms. The Bertz CT molecular complexity index is 2350. The van der Waals surface area contributed by atoms with Crippen LogP contribution in [0.15, 0.2) is 42.5 Å². The van der Waals surface area contributed by atoms with Gasteiger partial charge in [-0.3, -0.25) is 18.9 Å². The number of aromatic nitrogens is 5. The van der Waals surface area contributed by atoms with E-state index in [0.29, 0.717) is 5.92 Å². The van der Waals surface area contributed by atoms with Gasteiger partial charge in [-0.2, -0.15) is 0 Å². The van der Waals surface area contributed by atoms with Crippen molar-refractivity contribution in [1.29, 1.82) is 0 Å². The van der Waals surface area contributed by atoms with Crippen LogP contribution in [0.25, 0.3) is 39.0 Å². The molecule has 0 bridgehead atoms. The summed E-state index contributed by atoms with van der Waals surface area (Å²) in [7, 11) is 2.06. The number of hydrogen-bond acceptors (Lipinski definition) is 2. The van der Waals surface area contributed by atoms with Gasteiger partial charge in [0.05, 0.1) is 23.6 Å². The number of benzene rings is 2. The Morgan fingerprint density at radius 1 is 0.782 bits per heavy atom. The van der Waals surface area contributed by atoms with Gasteiger partial charge in [0.1, 0.15) is 17.0 Å². The zero-order chi connectivity index (χ0) is 40.7. The predicted molar refractivity (Wildman–Crippen MR) is 237 cm³/mol. The Morgan fingerprint density at radius 3 is 1.84 bits per heavy atom. The number of fused-ring (bicyclic) bond motifs is 6. The van der Waals surface area contributed by atoms with Crippen molar-refractivity contribution in [1.82, 2.24) is 18.9 Å². The zero-order valence-electron chi connectivity index (χ0n) is 38.1.